The highest BCUT2D eigenvalue weighted by atomic mass is 32.2. The number of rotatable bonds is 7. The smallest absolute Gasteiger partial charge is 0.301 e. The molecule has 2 aliphatic rings. The summed E-state index contributed by atoms with van der Waals surface area (Å²) in [5, 5.41) is 22.8. The van der Waals surface area contributed by atoms with Crippen LogP contribution in [0.1, 0.15) is 22.7 Å². The lowest BCUT2D eigenvalue weighted by Gasteiger charge is -2.23. The molecule has 0 bridgehead atoms. The number of hydrogen-bond acceptors (Lipinski definition) is 10. The van der Waals surface area contributed by atoms with E-state index in [-0.39, 0.29) is 16.5 Å². The van der Waals surface area contributed by atoms with E-state index in [0.717, 1.165) is 16.3 Å². The molecule has 1 atom stereocenters. The predicted octanol–water partition coefficient (Wildman–Crippen LogP) is 6.39. The second-order valence-electron chi connectivity index (χ2n) is 10.1. The summed E-state index contributed by atoms with van der Waals surface area (Å²) in [6.45, 7) is 0.788. The molecule has 5 aromatic rings. The van der Waals surface area contributed by atoms with Crippen LogP contribution in [0.3, 0.4) is 0 Å². The number of ether oxygens (including phenoxy) is 3. The first-order chi connectivity index (χ1) is 21.5. The average Bonchev–Trinajstić information content (AvgIpc) is 3.64. The lowest BCUT2D eigenvalue weighted by atomic mass is 9.95. The number of amides is 1. The van der Waals surface area contributed by atoms with Crippen LogP contribution < -0.4 is 19.1 Å². The van der Waals surface area contributed by atoms with Gasteiger partial charge in [0.1, 0.15) is 24.7 Å². The van der Waals surface area contributed by atoms with Crippen LogP contribution in [0.5, 0.6) is 17.2 Å². The Hall–Kier alpha value is -4.87. The first-order valence-electron chi connectivity index (χ1n) is 13.8. The third-order valence-corrected chi connectivity index (χ3v) is 9.63. The van der Waals surface area contributed by atoms with Crippen LogP contribution in [0.15, 0.2) is 94.8 Å². The van der Waals surface area contributed by atoms with Gasteiger partial charge in [-0.1, -0.05) is 77.7 Å². The van der Waals surface area contributed by atoms with E-state index in [2.05, 4.69) is 34.5 Å². The molecule has 0 unspecified atom stereocenters. The summed E-state index contributed by atoms with van der Waals surface area (Å²) in [6.07, 6.45) is 0. The standard InChI is InChI=1S/C33H25N3O6S2/c1-40-23-12-9-20(10-13-23)28-27(29(37)21-11-14-25-26(17-21)42-16-15-41-25)30(38)31(39)36(28)32-34-35-33(44-32)43-18-22-7-4-6-19-5-2-3-8-24(19)22/h2-14,17,28,37H,15-16,18H2,1H3/t28-/m0/s1. The summed E-state index contributed by atoms with van der Waals surface area (Å²) in [6, 6.07) is 25.3. The molecule has 11 heteroatoms. The van der Waals surface area contributed by atoms with Gasteiger partial charge >= 0.3 is 5.91 Å². The van der Waals surface area contributed by atoms with Crippen molar-refractivity contribution in [1.29, 1.82) is 0 Å². The van der Waals surface area contributed by atoms with Gasteiger partial charge in [-0.05, 0) is 52.2 Å². The number of nitrogens with zero attached hydrogens (tertiary/aromatic N) is 3. The number of aromatic nitrogens is 2. The van der Waals surface area contributed by atoms with E-state index in [1.807, 2.05) is 18.2 Å². The highest BCUT2D eigenvalue weighted by Crippen LogP contribution is 2.45. The molecule has 0 aliphatic carbocycles. The van der Waals surface area contributed by atoms with Crippen molar-refractivity contribution in [3.63, 3.8) is 0 Å². The first-order valence-corrected chi connectivity index (χ1v) is 15.6. The van der Waals surface area contributed by atoms with E-state index < -0.39 is 17.7 Å². The molecule has 3 heterocycles. The molecule has 0 saturated carbocycles. The van der Waals surface area contributed by atoms with E-state index in [0.29, 0.717) is 51.7 Å². The summed E-state index contributed by atoms with van der Waals surface area (Å²) < 4.78 is 17.2. The van der Waals surface area contributed by atoms with Gasteiger partial charge in [-0.15, -0.1) is 10.2 Å². The predicted molar refractivity (Wildman–Crippen MR) is 169 cm³/mol. The molecular formula is C33H25N3O6S2. The zero-order valence-electron chi connectivity index (χ0n) is 23.4. The van der Waals surface area contributed by atoms with Gasteiger partial charge in [0.25, 0.3) is 5.78 Å². The number of fused-ring (bicyclic) bond motifs is 2. The van der Waals surface area contributed by atoms with Gasteiger partial charge in [-0.2, -0.15) is 0 Å². The molecule has 1 saturated heterocycles. The Kier molecular flexibility index (Phi) is 7.41. The maximum Gasteiger partial charge on any atom is 0.301 e. The van der Waals surface area contributed by atoms with E-state index in [1.165, 1.54) is 28.0 Å². The fourth-order valence-electron chi connectivity index (χ4n) is 5.39. The van der Waals surface area contributed by atoms with Crippen molar-refractivity contribution in [2.24, 2.45) is 0 Å². The Morgan fingerprint density at radius 3 is 2.57 bits per heavy atom. The lowest BCUT2D eigenvalue weighted by Crippen LogP contribution is -2.29. The van der Waals surface area contributed by atoms with E-state index in [9.17, 15) is 14.7 Å². The van der Waals surface area contributed by atoms with Gasteiger partial charge in [0.05, 0.1) is 18.7 Å². The number of methoxy groups -OCH3 is 1. The summed E-state index contributed by atoms with van der Waals surface area (Å²) in [4.78, 5) is 28.5. The van der Waals surface area contributed by atoms with Crippen LogP contribution in [-0.4, -0.2) is 47.3 Å². The minimum absolute atomic E-state index is 0.0583. The van der Waals surface area contributed by atoms with Crippen molar-refractivity contribution in [2.75, 3.05) is 25.2 Å². The molecule has 1 amide bonds. The summed E-state index contributed by atoms with van der Waals surface area (Å²) in [7, 11) is 1.56. The van der Waals surface area contributed by atoms with Crippen molar-refractivity contribution in [1.82, 2.24) is 10.2 Å². The number of hydrogen-bond donors (Lipinski definition) is 1. The van der Waals surface area contributed by atoms with Gasteiger partial charge in [-0.25, -0.2) is 0 Å². The molecule has 2 aliphatic heterocycles. The largest absolute Gasteiger partial charge is 0.507 e. The van der Waals surface area contributed by atoms with Crippen molar-refractivity contribution in [3.8, 4) is 17.2 Å². The first kappa shape index (κ1) is 27.9. The Bertz CT molecular complexity index is 1930. The number of aliphatic hydroxyl groups is 1. The van der Waals surface area contributed by atoms with Crippen LogP contribution in [0.4, 0.5) is 5.13 Å². The third kappa shape index (κ3) is 5.03. The number of anilines is 1. The number of Topliss-reactive ketones (excluding diaryl/α,β-unsaturated/α-hetero) is 1. The minimum Gasteiger partial charge on any atom is -0.507 e. The summed E-state index contributed by atoms with van der Waals surface area (Å²) in [5.41, 5.74) is 2.03. The van der Waals surface area contributed by atoms with Gasteiger partial charge < -0.3 is 19.3 Å². The second kappa shape index (κ2) is 11.7. The number of benzene rings is 4. The van der Waals surface area contributed by atoms with Crippen molar-refractivity contribution in [3.05, 3.63) is 107 Å². The summed E-state index contributed by atoms with van der Waals surface area (Å²) >= 11 is 2.73. The molecule has 44 heavy (non-hydrogen) atoms. The highest BCUT2D eigenvalue weighted by molar-refractivity contribution is 8.00. The monoisotopic (exact) mass is 623 g/mol. The zero-order valence-corrected chi connectivity index (χ0v) is 25.1. The van der Waals surface area contributed by atoms with Crippen molar-refractivity contribution in [2.45, 2.75) is 16.1 Å². The average molecular weight is 624 g/mol. The molecular weight excluding hydrogens is 599 g/mol. The van der Waals surface area contributed by atoms with E-state index in [4.69, 9.17) is 14.2 Å². The molecule has 220 valence electrons. The number of carbonyl (C=O) groups excluding carboxylic acids is 2. The molecule has 0 spiro atoms. The highest BCUT2D eigenvalue weighted by Gasteiger charge is 2.48. The second-order valence-corrected chi connectivity index (χ2v) is 12.3. The number of ketones is 1. The van der Waals surface area contributed by atoms with E-state index >= 15 is 0 Å². The zero-order chi connectivity index (χ0) is 30.2. The van der Waals surface area contributed by atoms with Gasteiger partial charge in [0.2, 0.25) is 5.13 Å². The fraction of sp³-hybridized carbons (Fsp3) is 0.152. The maximum absolute atomic E-state index is 13.6. The molecule has 0 radical (unpaired) electrons. The van der Waals surface area contributed by atoms with Gasteiger partial charge in [-0.3, -0.25) is 14.5 Å². The minimum atomic E-state index is -0.946. The van der Waals surface area contributed by atoms with Crippen LogP contribution in [0.25, 0.3) is 16.5 Å². The number of aliphatic hydroxyl groups excluding tert-OH is 1. The topological polar surface area (TPSA) is 111 Å². The Morgan fingerprint density at radius 2 is 1.75 bits per heavy atom. The van der Waals surface area contributed by atoms with Crippen LogP contribution in [0, 0.1) is 0 Å². The van der Waals surface area contributed by atoms with Crippen LogP contribution in [0.2, 0.25) is 0 Å². The van der Waals surface area contributed by atoms with Gasteiger partial charge in [0, 0.05) is 11.3 Å². The molecule has 7 rings (SSSR count). The number of thioether (sulfide) groups is 1. The van der Waals surface area contributed by atoms with Gasteiger partial charge in [0.15, 0.2) is 15.8 Å². The van der Waals surface area contributed by atoms with Crippen LogP contribution in [-0.2, 0) is 15.3 Å². The number of carbonyl (C=O) groups is 2. The van der Waals surface area contributed by atoms with Crippen LogP contribution >= 0.6 is 23.1 Å². The fourth-order valence-corrected chi connectivity index (χ4v) is 7.27. The van der Waals surface area contributed by atoms with Crippen molar-refractivity contribution < 1.29 is 28.9 Å². The SMILES string of the molecule is COc1ccc([C@H]2C(=C(O)c3ccc4c(c3)OCCO4)C(=O)C(=O)N2c2nnc(SCc3cccc4ccccc34)s2)cc1. The molecule has 1 aromatic heterocycles. The molecule has 1 fully saturated rings. The molecule has 9 nitrogen and oxygen atoms in total. The molecule has 4 aromatic carbocycles. The Labute approximate surface area is 260 Å². The maximum atomic E-state index is 13.6. The normalized spacial score (nSPS) is 17.3. The summed E-state index contributed by atoms with van der Waals surface area (Å²) in [5.74, 6) is 0.319. The molecule has 1 N–H and O–H groups in total. The third-order valence-electron chi connectivity index (χ3n) is 7.52. The van der Waals surface area contributed by atoms with Crippen molar-refractivity contribution >= 4 is 56.5 Å². The Balaban J connectivity index is 1.25. The quantitative estimate of drug-likeness (QED) is 0.0725. The Morgan fingerprint density at radius 1 is 0.977 bits per heavy atom. The lowest BCUT2D eigenvalue weighted by molar-refractivity contribution is -0.132. The van der Waals surface area contributed by atoms with E-state index in [1.54, 1.807) is 49.6 Å².